The van der Waals surface area contributed by atoms with Gasteiger partial charge in [-0.25, -0.2) is 9.37 Å². The van der Waals surface area contributed by atoms with Crippen LogP contribution in [0.25, 0.3) is 0 Å². The molecule has 0 radical (unpaired) electrons. The Bertz CT molecular complexity index is 527. The molecule has 4 nitrogen and oxygen atoms in total. The maximum Gasteiger partial charge on any atom is 0.224 e. The Balaban J connectivity index is 2.16. The fraction of sp³-hybridized carbons (Fsp3) is 0.0909. The Morgan fingerprint density at radius 1 is 1.44 bits per heavy atom. The molecular formula is C11H9BrClFN4. The van der Waals surface area contributed by atoms with E-state index in [1.54, 1.807) is 12.1 Å². The van der Waals surface area contributed by atoms with Crippen LogP contribution in [0.4, 0.5) is 15.9 Å². The van der Waals surface area contributed by atoms with Crippen LogP contribution >= 0.6 is 27.5 Å². The molecule has 0 saturated heterocycles. The molecule has 1 aromatic carbocycles. The minimum absolute atomic E-state index is 0.0846. The minimum Gasteiger partial charge on any atom is -0.394 e. The molecule has 0 fully saturated rings. The second-order valence-electron chi connectivity index (χ2n) is 3.53. The number of nitrogen functional groups attached to an aromatic ring is 1. The third-order valence-electron chi connectivity index (χ3n) is 2.24. The van der Waals surface area contributed by atoms with Crippen molar-refractivity contribution in [1.82, 2.24) is 9.97 Å². The zero-order chi connectivity index (χ0) is 13.1. The lowest BCUT2D eigenvalue weighted by molar-refractivity contribution is 0.612. The molecule has 0 aliphatic rings. The summed E-state index contributed by atoms with van der Waals surface area (Å²) in [7, 11) is 0. The molecule has 1 aromatic heterocycles. The average Bonchev–Trinajstić information content (AvgIpc) is 2.34. The average molecular weight is 332 g/mol. The summed E-state index contributed by atoms with van der Waals surface area (Å²) in [5.41, 5.74) is 6.53. The van der Waals surface area contributed by atoms with Crippen molar-refractivity contribution >= 4 is 39.0 Å². The molecule has 18 heavy (non-hydrogen) atoms. The first kappa shape index (κ1) is 13.0. The smallest absolute Gasteiger partial charge is 0.224 e. The van der Waals surface area contributed by atoms with Gasteiger partial charge in [0.1, 0.15) is 5.82 Å². The Morgan fingerprint density at radius 3 is 3.00 bits per heavy atom. The van der Waals surface area contributed by atoms with Gasteiger partial charge in [0, 0.05) is 16.6 Å². The summed E-state index contributed by atoms with van der Waals surface area (Å²) in [6.45, 7) is 0.253. The van der Waals surface area contributed by atoms with Crippen molar-refractivity contribution in [3.05, 3.63) is 45.5 Å². The second kappa shape index (κ2) is 5.49. The summed E-state index contributed by atoms with van der Waals surface area (Å²) in [5.74, 6) is 0.0822. The van der Waals surface area contributed by atoms with Crippen molar-refractivity contribution in [3.63, 3.8) is 0 Å². The molecule has 0 aliphatic carbocycles. The molecule has 2 aromatic rings. The van der Waals surface area contributed by atoms with Gasteiger partial charge in [0.25, 0.3) is 0 Å². The topological polar surface area (TPSA) is 63.8 Å². The van der Waals surface area contributed by atoms with Crippen LogP contribution in [0.5, 0.6) is 0 Å². The number of hydrogen-bond acceptors (Lipinski definition) is 4. The number of nitrogens with two attached hydrogens (primary N) is 1. The fourth-order valence-corrected chi connectivity index (χ4v) is 1.91. The number of anilines is 2. The van der Waals surface area contributed by atoms with E-state index in [9.17, 15) is 4.39 Å². The highest BCUT2D eigenvalue weighted by atomic mass is 79.9. The van der Waals surface area contributed by atoms with E-state index in [-0.39, 0.29) is 17.6 Å². The summed E-state index contributed by atoms with van der Waals surface area (Å²) in [6, 6.07) is 4.70. The van der Waals surface area contributed by atoms with E-state index in [1.165, 1.54) is 12.3 Å². The van der Waals surface area contributed by atoms with E-state index >= 15 is 0 Å². The van der Waals surface area contributed by atoms with Crippen LogP contribution in [0.1, 0.15) is 5.56 Å². The van der Waals surface area contributed by atoms with Gasteiger partial charge in [0.15, 0.2) is 5.82 Å². The van der Waals surface area contributed by atoms with Gasteiger partial charge in [-0.1, -0.05) is 15.9 Å². The van der Waals surface area contributed by atoms with Crippen LogP contribution in [0, 0.1) is 5.82 Å². The molecule has 0 aliphatic heterocycles. The predicted octanol–water partition coefficient (Wildman–Crippen LogP) is 3.23. The number of aromatic nitrogens is 2. The van der Waals surface area contributed by atoms with E-state index in [4.69, 9.17) is 17.3 Å². The van der Waals surface area contributed by atoms with Crippen LogP contribution < -0.4 is 11.1 Å². The number of nitrogens with one attached hydrogen (secondary N) is 1. The van der Waals surface area contributed by atoms with Crippen LogP contribution in [-0.4, -0.2) is 9.97 Å². The zero-order valence-electron chi connectivity index (χ0n) is 9.12. The van der Waals surface area contributed by atoms with E-state index in [0.29, 0.717) is 17.1 Å². The molecule has 3 N–H and O–H groups in total. The lowest BCUT2D eigenvalue weighted by Crippen LogP contribution is -2.06. The van der Waals surface area contributed by atoms with Gasteiger partial charge in [-0.2, -0.15) is 4.98 Å². The second-order valence-corrected chi connectivity index (χ2v) is 4.79. The standard InChI is InChI=1S/C11H9BrClFN4/c12-7-1-2-8(14)6(3-7)4-16-10-9(15)5-17-11(13)18-10/h1-3,5H,4,15H2,(H,16,17,18). The normalized spacial score (nSPS) is 10.4. The summed E-state index contributed by atoms with van der Waals surface area (Å²) < 4.78 is 14.3. The molecule has 0 saturated carbocycles. The third kappa shape index (κ3) is 3.08. The molecule has 1 heterocycles. The third-order valence-corrected chi connectivity index (χ3v) is 2.92. The largest absolute Gasteiger partial charge is 0.394 e. The van der Waals surface area contributed by atoms with Crippen molar-refractivity contribution in [2.24, 2.45) is 0 Å². The molecule has 0 unspecified atom stereocenters. The first-order valence-corrected chi connectivity index (χ1v) is 6.19. The first-order valence-electron chi connectivity index (χ1n) is 5.02. The number of rotatable bonds is 3. The number of hydrogen-bond donors (Lipinski definition) is 2. The molecule has 0 amide bonds. The number of halogens is 3. The van der Waals surface area contributed by atoms with Gasteiger partial charge in [-0.15, -0.1) is 0 Å². The van der Waals surface area contributed by atoms with Crippen LogP contribution in [0.2, 0.25) is 5.28 Å². The number of nitrogens with zero attached hydrogens (tertiary/aromatic N) is 2. The summed E-state index contributed by atoms with van der Waals surface area (Å²) in [4.78, 5) is 7.66. The van der Waals surface area contributed by atoms with Crippen LogP contribution in [-0.2, 0) is 6.54 Å². The van der Waals surface area contributed by atoms with Crippen LogP contribution in [0.3, 0.4) is 0 Å². The monoisotopic (exact) mass is 330 g/mol. The Kier molecular flexibility index (Phi) is 3.98. The lowest BCUT2D eigenvalue weighted by Gasteiger charge is -2.09. The van der Waals surface area contributed by atoms with Gasteiger partial charge in [-0.05, 0) is 29.8 Å². The van der Waals surface area contributed by atoms with E-state index in [1.807, 2.05) is 0 Å². The summed E-state index contributed by atoms with van der Waals surface area (Å²) >= 11 is 8.94. The molecule has 0 spiro atoms. The quantitative estimate of drug-likeness (QED) is 0.848. The van der Waals surface area contributed by atoms with Gasteiger partial charge < -0.3 is 11.1 Å². The molecule has 94 valence electrons. The molecular weight excluding hydrogens is 323 g/mol. The summed E-state index contributed by atoms with van der Waals surface area (Å²) in [6.07, 6.45) is 1.40. The highest BCUT2D eigenvalue weighted by Gasteiger charge is 2.06. The fourth-order valence-electron chi connectivity index (χ4n) is 1.37. The highest BCUT2D eigenvalue weighted by molar-refractivity contribution is 9.10. The molecule has 7 heteroatoms. The van der Waals surface area contributed by atoms with E-state index in [2.05, 4.69) is 31.2 Å². The Morgan fingerprint density at radius 2 is 2.22 bits per heavy atom. The predicted molar refractivity (Wildman–Crippen MR) is 72.9 cm³/mol. The van der Waals surface area contributed by atoms with E-state index in [0.717, 1.165) is 4.47 Å². The molecule has 0 atom stereocenters. The van der Waals surface area contributed by atoms with E-state index < -0.39 is 0 Å². The maximum absolute atomic E-state index is 13.5. The van der Waals surface area contributed by atoms with Crippen molar-refractivity contribution in [3.8, 4) is 0 Å². The van der Waals surface area contributed by atoms with Crippen molar-refractivity contribution < 1.29 is 4.39 Å². The van der Waals surface area contributed by atoms with Gasteiger partial charge >= 0.3 is 0 Å². The van der Waals surface area contributed by atoms with Gasteiger partial charge in [-0.3, -0.25) is 0 Å². The highest BCUT2D eigenvalue weighted by Crippen LogP contribution is 2.19. The Hall–Kier alpha value is -1.40. The number of benzene rings is 1. The van der Waals surface area contributed by atoms with Gasteiger partial charge in [0.05, 0.1) is 11.9 Å². The lowest BCUT2D eigenvalue weighted by atomic mass is 10.2. The Labute approximate surface area is 117 Å². The van der Waals surface area contributed by atoms with Crippen molar-refractivity contribution in [2.45, 2.75) is 6.54 Å². The van der Waals surface area contributed by atoms with Crippen LogP contribution in [0.15, 0.2) is 28.9 Å². The SMILES string of the molecule is Nc1cnc(Cl)nc1NCc1cc(Br)ccc1F. The van der Waals surface area contributed by atoms with Gasteiger partial charge in [0.2, 0.25) is 5.28 Å². The van der Waals surface area contributed by atoms with Crippen molar-refractivity contribution in [2.75, 3.05) is 11.1 Å². The molecule has 2 rings (SSSR count). The molecule has 0 bridgehead atoms. The maximum atomic E-state index is 13.5. The zero-order valence-corrected chi connectivity index (χ0v) is 11.5. The first-order chi connectivity index (χ1) is 8.56. The van der Waals surface area contributed by atoms with Crippen molar-refractivity contribution in [1.29, 1.82) is 0 Å². The minimum atomic E-state index is -0.301. The summed E-state index contributed by atoms with van der Waals surface area (Å²) in [5, 5.41) is 3.00.